The van der Waals surface area contributed by atoms with Crippen LogP contribution in [0.5, 0.6) is 0 Å². The SMILES string of the molecule is O=C(OCc1cc(-c2ccccc2)on1)[C@@H]1CC(=O)N(c2ccccc2F)C1. The van der Waals surface area contributed by atoms with Crippen molar-refractivity contribution in [2.24, 2.45) is 5.92 Å². The van der Waals surface area contributed by atoms with E-state index >= 15 is 0 Å². The Hall–Kier alpha value is -3.48. The highest BCUT2D eigenvalue weighted by atomic mass is 19.1. The van der Waals surface area contributed by atoms with Gasteiger partial charge in [-0.25, -0.2) is 4.39 Å². The van der Waals surface area contributed by atoms with Gasteiger partial charge in [0, 0.05) is 24.6 Å². The van der Waals surface area contributed by atoms with Gasteiger partial charge in [0.25, 0.3) is 0 Å². The number of hydrogen-bond acceptors (Lipinski definition) is 5. The van der Waals surface area contributed by atoms with Gasteiger partial charge < -0.3 is 14.2 Å². The Morgan fingerprint density at radius 2 is 1.93 bits per heavy atom. The van der Waals surface area contributed by atoms with Crippen molar-refractivity contribution < 1.29 is 23.2 Å². The Kier molecular flexibility index (Phi) is 4.89. The Morgan fingerprint density at radius 3 is 2.71 bits per heavy atom. The number of anilines is 1. The number of hydrogen-bond donors (Lipinski definition) is 0. The Bertz CT molecular complexity index is 1000. The summed E-state index contributed by atoms with van der Waals surface area (Å²) >= 11 is 0. The van der Waals surface area contributed by atoms with Crippen LogP contribution in [0.2, 0.25) is 0 Å². The second-order valence-electron chi connectivity index (χ2n) is 6.51. The second-order valence-corrected chi connectivity index (χ2v) is 6.51. The molecule has 1 atom stereocenters. The van der Waals surface area contributed by atoms with Crippen molar-refractivity contribution in [3.05, 3.63) is 72.2 Å². The van der Waals surface area contributed by atoms with Gasteiger partial charge in [0.2, 0.25) is 5.91 Å². The van der Waals surface area contributed by atoms with E-state index in [0.29, 0.717) is 11.5 Å². The lowest BCUT2D eigenvalue weighted by molar-refractivity contribution is -0.149. The lowest BCUT2D eigenvalue weighted by Gasteiger charge is -2.17. The van der Waals surface area contributed by atoms with Crippen LogP contribution in [-0.4, -0.2) is 23.6 Å². The number of rotatable bonds is 5. The van der Waals surface area contributed by atoms with Crippen LogP contribution in [0, 0.1) is 11.7 Å². The number of benzene rings is 2. The van der Waals surface area contributed by atoms with Crippen molar-refractivity contribution in [1.82, 2.24) is 5.16 Å². The standard InChI is InChI=1S/C21H17FN2O4/c22-17-8-4-5-9-18(17)24-12-15(10-20(24)25)21(26)27-13-16-11-19(28-23-16)14-6-2-1-3-7-14/h1-9,11,15H,10,12-13H2/t15-/m1/s1. The highest BCUT2D eigenvalue weighted by molar-refractivity contribution is 5.99. The van der Waals surface area contributed by atoms with Crippen LogP contribution < -0.4 is 4.90 Å². The van der Waals surface area contributed by atoms with Crippen LogP contribution in [0.15, 0.2) is 65.2 Å². The molecule has 2 heterocycles. The topological polar surface area (TPSA) is 72.6 Å². The molecule has 1 aliphatic heterocycles. The highest BCUT2D eigenvalue weighted by Crippen LogP contribution is 2.28. The molecule has 28 heavy (non-hydrogen) atoms. The summed E-state index contributed by atoms with van der Waals surface area (Å²) < 4.78 is 24.5. The molecule has 1 aromatic heterocycles. The van der Waals surface area contributed by atoms with Crippen LogP contribution in [0.25, 0.3) is 11.3 Å². The minimum absolute atomic E-state index is 0.0127. The monoisotopic (exact) mass is 380 g/mol. The second kappa shape index (κ2) is 7.64. The Balaban J connectivity index is 1.37. The number of esters is 1. The molecule has 0 radical (unpaired) electrons. The van der Waals surface area contributed by atoms with Crippen molar-refractivity contribution >= 4 is 17.6 Å². The molecule has 1 amide bonds. The molecular weight excluding hydrogens is 363 g/mol. The van der Waals surface area contributed by atoms with Gasteiger partial charge in [-0.1, -0.05) is 47.6 Å². The first kappa shape index (κ1) is 17.9. The predicted octanol–water partition coefficient (Wildman–Crippen LogP) is 3.58. The van der Waals surface area contributed by atoms with Crippen LogP contribution in [0.3, 0.4) is 0 Å². The minimum atomic E-state index is -0.646. The summed E-state index contributed by atoms with van der Waals surface area (Å²) in [5.41, 5.74) is 1.52. The van der Waals surface area contributed by atoms with Gasteiger partial charge in [0.05, 0.1) is 11.6 Å². The molecule has 6 nitrogen and oxygen atoms in total. The number of carbonyl (C=O) groups excluding carboxylic acids is 2. The number of amides is 1. The molecule has 0 aliphatic carbocycles. The molecule has 7 heteroatoms. The summed E-state index contributed by atoms with van der Waals surface area (Å²) in [5, 5.41) is 3.90. The number of ether oxygens (including phenoxy) is 1. The lowest BCUT2D eigenvalue weighted by Crippen LogP contribution is -2.27. The predicted molar refractivity (Wildman–Crippen MR) is 98.6 cm³/mol. The molecule has 4 rings (SSSR count). The van der Waals surface area contributed by atoms with Crippen LogP contribution in [0.4, 0.5) is 10.1 Å². The fourth-order valence-corrected chi connectivity index (χ4v) is 3.15. The van der Waals surface area contributed by atoms with Gasteiger partial charge in [0.1, 0.15) is 18.1 Å². The molecule has 0 unspecified atom stereocenters. The zero-order valence-electron chi connectivity index (χ0n) is 14.9. The average Bonchev–Trinajstić information content (AvgIpc) is 3.34. The molecule has 1 aliphatic rings. The summed E-state index contributed by atoms with van der Waals surface area (Å²) in [6, 6.07) is 17.1. The summed E-state index contributed by atoms with van der Waals surface area (Å²) in [6.45, 7) is 0.0340. The third-order valence-corrected chi connectivity index (χ3v) is 4.58. The number of nitrogens with zero attached hydrogens (tertiary/aromatic N) is 2. The first-order valence-corrected chi connectivity index (χ1v) is 8.84. The third-order valence-electron chi connectivity index (χ3n) is 4.58. The van der Waals surface area contributed by atoms with Crippen molar-refractivity contribution in [3.63, 3.8) is 0 Å². The maximum atomic E-state index is 13.9. The number of para-hydroxylation sites is 1. The molecule has 0 spiro atoms. The van der Waals surface area contributed by atoms with Crippen LogP contribution in [-0.2, 0) is 20.9 Å². The fraction of sp³-hybridized carbons (Fsp3) is 0.190. The molecule has 0 bridgehead atoms. The van der Waals surface area contributed by atoms with Crippen molar-refractivity contribution in [1.29, 1.82) is 0 Å². The van der Waals surface area contributed by atoms with Crippen molar-refractivity contribution in [2.75, 3.05) is 11.4 Å². The zero-order chi connectivity index (χ0) is 19.5. The lowest BCUT2D eigenvalue weighted by atomic mass is 10.1. The first-order valence-electron chi connectivity index (χ1n) is 8.84. The van der Waals surface area contributed by atoms with E-state index in [1.54, 1.807) is 18.2 Å². The average molecular weight is 380 g/mol. The summed E-state index contributed by atoms with van der Waals surface area (Å²) in [7, 11) is 0. The largest absolute Gasteiger partial charge is 0.459 e. The molecule has 142 valence electrons. The van der Waals surface area contributed by atoms with E-state index in [1.807, 2.05) is 30.3 Å². The van der Waals surface area contributed by atoms with E-state index in [1.165, 1.54) is 17.0 Å². The quantitative estimate of drug-likeness (QED) is 0.633. The van der Waals surface area contributed by atoms with E-state index in [9.17, 15) is 14.0 Å². The van der Waals surface area contributed by atoms with Gasteiger partial charge in [-0.3, -0.25) is 9.59 Å². The first-order chi connectivity index (χ1) is 13.6. The molecule has 1 saturated heterocycles. The van der Waals surface area contributed by atoms with E-state index in [4.69, 9.17) is 9.26 Å². The van der Waals surface area contributed by atoms with E-state index in [0.717, 1.165) is 5.56 Å². The van der Waals surface area contributed by atoms with Crippen LogP contribution >= 0.6 is 0 Å². The number of halogens is 1. The normalized spacial score (nSPS) is 16.4. The van der Waals surface area contributed by atoms with Gasteiger partial charge >= 0.3 is 5.97 Å². The third kappa shape index (κ3) is 3.64. The highest BCUT2D eigenvalue weighted by Gasteiger charge is 2.37. The molecular formula is C21H17FN2O4. The smallest absolute Gasteiger partial charge is 0.311 e. The van der Waals surface area contributed by atoms with Gasteiger partial charge in [-0.05, 0) is 12.1 Å². The van der Waals surface area contributed by atoms with Crippen molar-refractivity contribution in [2.45, 2.75) is 13.0 Å². The number of carbonyl (C=O) groups is 2. The van der Waals surface area contributed by atoms with Gasteiger partial charge in [-0.2, -0.15) is 0 Å². The van der Waals surface area contributed by atoms with E-state index < -0.39 is 17.7 Å². The van der Waals surface area contributed by atoms with Gasteiger partial charge in [-0.15, -0.1) is 0 Å². The molecule has 1 fully saturated rings. The number of aromatic nitrogens is 1. The van der Waals surface area contributed by atoms with Crippen molar-refractivity contribution in [3.8, 4) is 11.3 Å². The Labute approximate surface area is 160 Å². The maximum Gasteiger partial charge on any atom is 0.311 e. The zero-order valence-corrected chi connectivity index (χ0v) is 14.9. The summed E-state index contributed by atoms with van der Waals surface area (Å²) in [5.74, 6) is -1.39. The maximum absolute atomic E-state index is 13.9. The Morgan fingerprint density at radius 1 is 1.18 bits per heavy atom. The van der Waals surface area contributed by atoms with E-state index in [-0.39, 0.29) is 31.2 Å². The molecule has 0 N–H and O–H groups in total. The summed E-state index contributed by atoms with van der Waals surface area (Å²) in [6.07, 6.45) is -0.0127. The van der Waals surface area contributed by atoms with Crippen LogP contribution in [0.1, 0.15) is 12.1 Å². The van der Waals surface area contributed by atoms with Gasteiger partial charge in [0.15, 0.2) is 5.76 Å². The fourth-order valence-electron chi connectivity index (χ4n) is 3.15. The summed E-state index contributed by atoms with van der Waals surface area (Å²) in [4.78, 5) is 25.8. The molecule has 2 aromatic carbocycles. The molecule has 0 saturated carbocycles. The minimum Gasteiger partial charge on any atom is -0.459 e. The molecule has 3 aromatic rings. The van der Waals surface area contributed by atoms with E-state index in [2.05, 4.69) is 5.16 Å².